The van der Waals surface area contributed by atoms with Crippen molar-refractivity contribution >= 4 is 11.6 Å². The SMILES string of the molecule is CCCNc1cc(NCC2(C(C)C)CC2)nc(C2CC2)n1. The Morgan fingerprint density at radius 3 is 2.38 bits per heavy atom. The molecular weight excluding hydrogens is 260 g/mol. The molecule has 3 rings (SSSR count). The van der Waals surface area contributed by atoms with Gasteiger partial charge in [0.2, 0.25) is 0 Å². The van der Waals surface area contributed by atoms with Crippen LogP contribution in [0.1, 0.15) is 64.6 Å². The van der Waals surface area contributed by atoms with Gasteiger partial charge >= 0.3 is 0 Å². The number of nitrogens with zero attached hydrogens (tertiary/aromatic N) is 2. The minimum atomic E-state index is 0.502. The molecule has 0 aliphatic heterocycles. The Labute approximate surface area is 128 Å². The number of hydrogen-bond donors (Lipinski definition) is 2. The van der Waals surface area contributed by atoms with E-state index in [1.54, 1.807) is 0 Å². The van der Waals surface area contributed by atoms with Gasteiger partial charge in [0, 0.05) is 25.1 Å². The van der Waals surface area contributed by atoms with Crippen LogP contribution in [0.25, 0.3) is 0 Å². The lowest BCUT2D eigenvalue weighted by Crippen LogP contribution is -2.21. The standard InChI is InChI=1S/C17H28N4/c1-4-9-18-14-10-15(21-16(20-14)13-5-6-13)19-11-17(7-8-17)12(2)3/h10,12-13H,4-9,11H2,1-3H3,(H2,18,19,20,21). The van der Waals surface area contributed by atoms with Gasteiger partial charge in [0.25, 0.3) is 0 Å². The summed E-state index contributed by atoms with van der Waals surface area (Å²) in [5.41, 5.74) is 0.502. The van der Waals surface area contributed by atoms with Gasteiger partial charge in [0.1, 0.15) is 17.5 Å². The zero-order valence-electron chi connectivity index (χ0n) is 13.6. The third kappa shape index (κ3) is 3.47. The van der Waals surface area contributed by atoms with E-state index in [-0.39, 0.29) is 0 Å². The van der Waals surface area contributed by atoms with Crippen LogP contribution < -0.4 is 10.6 Å². The zero-order chi connectivity index (χ0) is 14.9. The van der Waals surface area contributed by atoms with E-state index in [0.29, 0.717) is 11.3 Å². The first kappa shape index (κ1) is 14.6. The Balaban J connectivity index is 1.69. The van der Waals surface area contributed by atoms with Gasteiger partial charge in [-0.3, -0.25) is 0 Å². The lowest BCUT2D eigenvalue weighted by atomic mass is 9.92. The highest BCUT2D eigenvalue weighted by atomic mass is 15.1. The number of nitrogens with one attached hydrogen (secondary N) is 2. The molecule has 0 amide bonds. The van der Waals surface area contributed by atoms with E-state index < -0.39 is 0 Å². The van der Waals surface area contributed by atoms with Crippen LogP contribution in [-0.4, -0.2) is 23.1 Å². The third-order valence-corrected chi connectivity index (χ3v) is 4.98. The molecule has 2 fully saturated rings. The Morgan fingerprint density at radius 2 is 1.86 bits per heavy atom. The molecule has 0 unspecified atom stereocenters. The molecule has 4 heteroatoms. The van der Waals surface area contributed by atoms with Crippen molar-refractivity contribution < 1.29 is 0 Å². The van der Waals surface area contributed by atoms with E-state index in [4.69, 9.17) is 4.98 Å². The predicted molar refractivity (Wildman–Crippen MR) is 87.8 cm³/mol. The molecule has 0 aromatic carbocycles. The van der Waals surface area contributed by atoms with E-state index in [1.807, 2.05) is 0 Å². The summed E-state index contributed by atoms with van der Waals surface area (Å²) in [6.07, 6.45) is 6.29. The van der Waals surface area contributed by atoms with E-state index in [2.05, 4.69) is 42.5 Å². The Morgan fingerprint density at radius 1 is 1.19 bits per heavy atom. The van der Waals surface area contributed by atoms with Gasteiger partial charge in [0.05, 0.1) is 0 Å². The molecule has 0 saturated heterocycles. The molecule has 2 aliphatic carbocycles. The summed E-state index contributed by atoms with van der Waals surface area (Å²) in [6, 6.07) is 2.07. The van der Waals surface area contributed by atoms with Crippen LogP contribution in [-0.2, 0) is 0 Å². The van der Waals surface area contributed by atoms with Crippen LogP contribution in [0.15, 0.2) is 6.07 Å². The second-order valence-corrected chi connectivity index (χ2v) is 7.07. The highest BCUT2D eigenvalue weighted by molar-refractivity contribution is 5.48. The number of aromatic nitrogens is 2. The maximum atomic E-state index is 4.73. The van der Waals surface area contributed by atoms with Gasteiger partial charge in [-0.15, -0.1) is 0 Å². The fraction of sp³-hybridized carbons (Fsp3) is 0.765. The van der Waals surface area contributed by atoms with Crippen molar-refractivity contribution in [2.24, 2.45) is 11.3 Å². The largest absolute Gasteiger partial charge is 0.370 e. The summed E-state index contributed by atoms with van der Waals surface area (Å²) in [6.45, 7) is 8.85. The van der Waals surface area contributed by atoms with Gasteiger partial charge in [-0.2, -0.15) is 0 Å². The van der Waals surface area contributed by atoms with Gasteiger partial charge in [-0.25, -0.2) is 9.97 Å². The van der Waals surface area contributed by atoms with Gasteiger partial charge < -0.3 is 10.6 Å². The first-order valence-corrected chi connectivity index (χ1v) is 8.50. The maximum absolute atomic E-state index is 4.73. The van der Waals surface area contributed by atoms with Gasteiger partial charge in [0.15, 0.2) is 0 Å². The highest BCUT2D eigenvalue weighted by Crippen LogP contribution is 2.51. The van der Waals surface area contributed by atoms with E-state index in [9.17, 15) is 0 Å². The molecule has 0 radical (unpaired) electrons. The lowest BCUT2D eigenvalue weighted by molar-refractivity contribution is 0.380. The van der Waals surface area contributed by atoms with Crippen molar-refractivity contribution in [3.8, 4) is 0 Å². The van der Waals surface area contributed by atoms with Crippen molar-refractivity contribution in [3.63, 3.8) is 0 Å². The van der Waals surface area contributed by atoms with Crippen LogP contribution in [0.4, 0.5) is 11.6 Å². The Hall–Kier alpha value is -1.32. The summed E-state index contributed by atoms with van der Waals surface area (Å²) in [5.74, 6) is 4.33. The normalized spacial score (nSPS) is 19.6. The highest BCUT2D eigenvalue weighted by Gasteiger charge is 2.45. The average molecular weight is 288 g/mol. The molecule has 0 atom stereocenters. The van der Waals surface area contributed by atoms with Crippen molar-refractivity contribution in [2.45, 2.75) is 58.8 Å². The molecule has 0 spiro atoms. The second kappa shape index (κ2) is 5.82. The molecule has 2 N–H and O–H groups in total. The molecule has 1 heterocycles. The molecule has 2 saturated carbocycles. The summed E-state index contributed by atoms with van der Waals surface area (Å²) in [4.78, 5) is 9.40. The summed E-state index contributed by atoms with van der Waals surface area (Å²) < 4.78 is 0. The molecule has 0 bridgehead atoms. The van der Waals surface area contributed by atoms with Crippen LogP contribution in [0.3, 0.4) is 0 Å². The molecule has 116 valence electrons. The molecular formula is C17H28N4. The smallest absolute Gasteiger partial charge is 0.136 e. The fourth-order valence-electron chi connectivity index (χ4n) is 2.81. The molecule has 1 aromatic heterocycles. The second-order valence-electron chi connectivity index (χ2n) is 7.07. The fourth-order valence-corrected chi connectivity index (χ4v) is 2.81. The first-order chi connectivity index (χ1) is 10.1. The number of anilines is 2. The van der Waals surface area contributed by atoms with Crippen LogP contribution in [0.5, 0.6) is 0 Å². The summed E-state index contributed by atoms with van der Waals surface area (Å²) in [5, 5.41) is 6.98. The van der Waals surface area contributed by atoms with E-state index in [0.717, 1.165) is 42.9 Å². The topological polar surface area (TPSA) is 49.8 Å². The maximum Gasteiger partial charge on any atom is 0.136 e. The molecule has 21 heavy (non-hydrogen) atoms. The first-order valence-electron chi connectivity index (χ1n) is 8.50. The minimum absolute atomic E-state index is 0.502. The summed E-state index contributed by atoms with van der Waals surface area (Å²) >= 11 is 0. The molecule has 1 aromatic rings. The van der Waals surface area contributed by atoms with Crippen LogP contribution >= 0.6 is 0 Å². The molecule has 2 aliphatic rings. The Bertz CT molecular complexity index is 490. The monoisotopic (exact) mass is 288 g/mol. The zero-order valence-corrected chi connectivity index (χ0v) is 13.6. The van der Waals surface area contributed by atoms with Crippen LogP contribution in [0.2, 0.25) is 0 Å². The van der Waals surface area contributed by atoms with Crippen molar-refractivity contribution in [3.05, 3.63) is 11.9 Å². The van der Waals surface area contributed by atoms with E-state index in [1.165, 1.54) is 25.7 Å². The summed E-state index contributed by atoms with van der Waals surface area (Å²) in [7, 11) is 0. The lowest BCUT2D eigenvalue weighted by Gasteiger charge is -2.20. The van der Waals surface area contributed by atoms with Crippen molar-refractivity contribution in [2.75, 3.05) is 23.7 Å². The third-order valence-electron chi connectivity index (χ3n) is 4.98. The average Bonchev–Trinajstić information content (AvgIpc) is 3.36. The van der Waals surface area contributed by atoms with Crippen LogP contribution in [0, 0.1) is 11.3 Å². The predicted octanol–water partition coefficient (Wildman–Crippen LogP) is 4.02. The quantitative estimate of drug-likeness (QED) is 0.758. The van der Waals surface area contributed by atoms with Crippen molar-refractivity contribution in [1.29, 1.82) is 0 Å². The van der Waals surface area contributed by atoms with Gasteiger partial charge in [-0.1, -0.05) is 20.8 Å². The van der Waals surface area contributed by atoms with E-state index >= 15 is 0 Å². The molecule has 4 nitrogen and oxygen atoms in total. The number of hydrogen-bond acceptors (Lipinski definition) is 4. The van der Waals surface area contributed by atoms with Gasteiger partial charge in [-0.05, 0) is 43.4 Å². The minimum Gasteiger partial charge on any atom is -0.370 e. The number of rotatable bonds is 8. The van der Waals surface area contributed by atoms with Crippen molar-refractivity contribution in [1.82, 2.24) is 9.97 Å². The Kier molecular flexibility index (Phi) is 4.05.